The standard InChI is InChI=1S/C10H15NO3/c1-5(10(13)14)11-9(12)8-6-3-2-4-7(6)8/h5-8H,2-4H2,1H3,(H,11,12)(H,13,14)/t5-,6?,7?,8?/m1/s1. The van der Waals surface area contributed by atoms with Crippen LogP contribution in [0.4, 0.5) is 0 Å². The van der Waals surface area contributed by atoms with Crippen LogP contribution in [0.25, 0.3) is 0 Å². The Bertz CT molecular complexity index is 267. The molecule has 2 N–H and O–H groups in total. The normalized spacial score (nSPS) is 35.9. The molecule has 0 bridgehead atoms. The zero-order valence-electron chi connectivity index (χ0n) is 8.19. The van der Waals surface area contributed by atoms with Gasteiger partial charge in [-0.2, -0.15) is 0 Å². The Kier molecular flexibility index (Phi) is 2.21. The third kappa shape index (κ3) is 1.49. The Morgan fingerprint density at radius 2 is 1.93 bits per heavy atom. The summed E-state index contributed by atoms with van der Waals surface area (Å²) in [5, 5.41) is 11.2. The van der Waals surface area contributed by atoms with Gasteiger partial charge in [-0.3, -0.25) is 9.59 Å². The van der Waals surface area contributed by atoms with Crippen molar-refractivity contribution in [2.45, 2.75) is 32.2 Å². The summed E-state index contributed by atoms with van der Waals surface area (Å²) in [4.78, 5) is 22.1. The van der Waals surface area contributed by atoms with E-state index in [2.05, 4.69) is 5.32 Å². The number of fused-ring (bicyclic) bond motifs is 1. The van der Waals surface area contributed by atoms with Crippen LogP contribution in [0.3, 0.4) is 0 Å². The van der Waals surface area contributed by atoms with Crippen molar-refractivity contribution in [1.82, 2.24) is 5.32 Å². The average molecular weight is 197 g/mol. The molecule has 0 aromatic carbocycles. The lowest BCUT2D eigenvalue weighted by Gasteiger charge is -2.09. The summed E-state index contributed by atoms with van der Waals surface area (Å²) >= 11 is 0. The van der Waals surface area contributed by atoms with Crippen molar-refractivity contribution in [3.05, 3.63) is 0 Å². The van der Waals surface area contributed by atoms with Crippen molar-refractivity contribution in [3.63, 3.8) is 0 Å². The van der Waals surface area contributed by atoms with Crippen LogP contribution < -0.4 is 5.32 Å². The van der Waals surface area contributed by atoms with E-state index in [1.54, 1.807) is 0 Å². The first kappa shape index (κ1) is 9.49. The third-order valence-electron chi connectivity index (χ3n) is 3.44. The van der Waals surface area contributed by atoms with Crippen LogP contribution >= 0.6 is 0 Å². The Morgan fingerprint density at radius 1 is 1.36 bits per heavy atom. The molecular weight excluding hydrogens is 182 g/mol. The van der Waals surface area contributed by atoms with Crippen LogP contribution in [-0.2, 0) is 9.59 Å². The summed E-state index contributed by atoms with van der Waals surface area (Å²) in [7, 11) is 0. The molecule has 4 heteroatoms. The van der Waals surface area contributed by atoms with Gasteiger partial charge in [0.1, 0.15) is 6.04 Å². The van der Waals surface area contributed by atoms with E-state index in [0.717, 1.165) is 12.8 Å². The van der Waals surface area contributed by atoms with Crippen molar-refractivity contribution in [2.75, 3.05) is 0 Å². The molecule has 0 aromatic rings. The predicted molar refractivity (Wildman–Crippen MR) is 49.6 cm³/mol. The maximum Gasteiger partial charge on any atom is 0.325 e. The molecular formula is C10H15NO3. The number of hydrogen-bond acceptors (Lipinski definition) is 2. The van der Waals surface area contributed by atoms with Gasteiger partial charge in [-0.1, -0.05) is 6.42 Å². The smallest absolute Gasteiger partial charge is 0.325 e. The van der Waals surface area contributed by atoms with E-state index in [9.17, 15) is 9.59 Å². The van der Waals surface area contributed by atoms with Gasteiger partial charge in [0.2, 0.25) is 5.91 Å². The molecule has 2 saturated carbocycles. The second-order valence-electron chi connectivity index (χ2n) is 4.35. The number of carboxylic acid groups (broad SMARTS) is 1. The Balaban J connectivity index is 1.83. The van der Waals surface area contributed by atoms with Crippen molar-refractivity contribution in [2.24, 2.45) is 17.8 Å². The fourth-order valence-corrected chi connectivity index (χ4v) is 2.58. The second kappa shape index (κ2) is 3.26. The minimum Gasteiger partial charge on any atom is -0.480 e. The number of carboxylic acids is 1. The van der Waals surface area contributed by atoms with Crippen LogP contribution in [0.15, 0.2) is 0 Å². The number of carbonyl (C=O) groups excluding carboxylic acids is 1. The van der Waals surface area contributed by atoms with Crippen LogP contribution in [0.5, 0.6) is 0 Å². The lowest BCUT2D eigenvalue weighted by atomic mass is 10.1. The van der Waals surface area contributed by atoms with Gasteiger partial charge in [0, 0.05) is 5.92 Å². The number of amides is 1. The molecule has 78 valence electrons. The first-order chi connectivity index (χ1) is 6.61. The van der Waals surface area contributed by atoms with Crippen molar-refractivity contribution in [1.29, 1.82) is 0 Å². The highest BCUT2D eigenvalue weighted by Crippen LogP contribution is 2.57. The molecule has 1 amide bonds. The molecule has 0 aliphatic heterocycles. The second-order valence-corrected chi connectivity index (χ2v) is 4.35. The lowest BCUT2D eigenvalue weighted by molar-refractivity contribution is -0.141. The Hall–Kier alpha value is -1.06. The van der Waals surface area contributed by atoms with E-state index in [-0.39, 0.29) is 11.8 Å². The highest BCUT2D eigenvalue weighted by atomic mass is 16.4. The Morgan fingerprint density at radius 3 is 2.43 bits per heavy atom. The minimum atomic E-state index is -0.968. The fourth-order valence-electron chi connectivity index (χ4n) is 2.58. The van der Waals surface area contributed by atoms with E-state index in [4.69, 9.17) is 5.11 Å². The van der Waals surface area contributed by atoms with Crippen LogP contribution in [0.1, 0.15) is 26.2 Å². The molecule has 0 heterocycles. The van der Waals surface area contributed by atoms with Crippen molar-refractivity contribution in [3.8, 4) is 0 Å². The van der Waals surface area contributed by atoms with Gasteiger partial charge in [-0.15, -0.1) is 0 Å². The van der Waals surface area contributed by atoms with Crippen LogP contribution in [0, 0.1) is 17.8 Å². The van der Waals surface area contributed by atoms with Gasteiger partial charge in [0.25, 0.3) is 0 Å². The summed E-state index contributed by atoms with van der Waals surface area (Å²) in [6.45, 7) is 1.50. The third-order valence-corrected chi connectivity index (χ3v) is 3.44. The monoisotopic (exact) mass is 197 g/mol. The van der Waals surface area contributed by atoms with E-state index in [1.807, 2.05) is 0 Å². The molecule has 2 unspecified atom stereocenters. The fraction of sp³-hybridized carbons (Fsp3) is 0.800. The molecule has 0 aromatic heterocycles. The Labute approximate surface area is 82.7 Å². The first-order valence-electron chi connectivity index (χ1n) is 5.14. The quantitative estimate of drug-likeness (QED) is 0.697. The van der Waals surface area contributed by atoms with Gasteiger partial charge in [0.15, 0.2) is 0 Å². The molecule has 3 atom stereocenters. The molecule has 0 saturated heterocycles. The molecule has 2 aliphatic carbocycles. The van der Waals surface area contributed by atoms with Crippen molar-refractivity contribution >= 4 is 11.9 Å². The predicted octanol–water partition coefficient (Wildman–Crippen LogP) is 0.622. The van der Waals surface area contributed by atoms with Crippen LogP contribution in [-0.4, -0.2) is 23.0 Å². The molecule has 2 rings (SSSR count). The highest BCUT2D eigenvalue weighted by Gasteiger charge is 2.56. The average Bonchev–Trinajstić information content (AvgIpc) is 2.61. The summed E-state index contributed by atoms with van der Waals surface area (Å²) in [5.74, 6) is 0.191. The number of rotatable bonds is 3. The zero-order chi connectivity index (χ0) is 10.3. The molecule has 0 spiro atoms. The SMILES string of the molecule is C[C@@H](NC(=O)C1C2CCCC21)C(=O)O. The van der Waals surface area contributed by atoms with E-state index in [1.165, 1.54) is 13.3 Å². The molecule has 0 radical (unpaired) electrons. The largest absolute Gasteiger partial charge is 0.480 e. The zero-order valence-corrected chi connectivity index (χ0v) is 8.19. The molecule has 2 aliphatic rings. The molecule has 2 fully saturated rings. The first-order valence-corrected chi connectivity index (χ1v) is 5.14. The number of carbonyl (C=O) groups is 2. The summed E-state index contributed by atoms with van der Waals surface area (Å²) in [6, 6.07) is -0.760. The number of aliphatic carboxylic acids is 1. The van der Waals surface area contributed by atoms with E-state index < -0.39 is 12.0 Å². The maximum absolute atomic E-state index is 11.6. The van der Waals surface area contributed by atoms with Gasteiger partial charge in [-0.25, -0.2) is 0 Å². The summed E-state index contributed by atoms with van der Waals surface area (Å²) in [5.41, 5.74) is 0. The molecule has 4 nitrogen and oxygen atoms in total. The van der Waals surface area contributed by atoms with Gasteiger partial charge in [-0.05, 0) is 31.6 Å². The highest BCUT2D eigenvalue weighted by molar-refractivity contribution is 5.87. The van der Waals surface area contributed by atoms with Gasteiger partial charge in [0.05, 0.1) is 0 Å². The lowest BCUT2D eigenvalue weighted by Crippen LogP contribution is -2.39. The van der Waals surface area contributed by atoms with Gasteiger partial charge < -0.3 is 10.4 Å². The number of nitrogens with one attached hydrogen (secondary N) is 1. The minimum absolute atomic E-state index is 0.0606. The maximum atomic E-state index is 11.6. The molecule has 14 heavy (non-hydrogen) atoms. The topological polar surface area (TPSA) is 66.4 Å². The summed E-state index contributed by atoms with van der Waals surface area (Å²) < 4.78 is 0. The van der Waals surface area contributed by atoms with Crippen LogP contribution in [0.2, 0.25) is 0 Å². The van der Waals surface area contributed by atoms with Crippen molar-refractivity contribution < 1.29 is 14.7 Å². The number of hydrogen-bond donors (Lipinski definition) is 2. The summed E-state index contributed by atoms with van der Waals surface area (Å²) in [6.07, 6.45) is 3.52. The van der Waals surface area contributed by atoms with E-state index >= 15 is 0 Å². The van der Waals surface area contributed by atoms with Gasteiger partial charge >= 0.3 is 5.97 Å². The van der Waals surface area contributed by atoms with E-state index in [0.29, 0.717) is 11.8 Å².